The maximum absolute atomic E-state index is 10.9. The first-order valence-corrected chi connectivity index (χ1v) is 8.78. The average Bonchev–Trinajstić information content (AvgIpc) is 2.89. The van der Waals surface area contributed by atoms with E-state index in [9.17, 15) is 4.79 Å². The first kappa shape index (κ1) is 17.4. The fourth-order valence-electron chi connectivity index (χ4n) is 4.00. The minimum atomic E-state index is -0.776. The van der Waals surface area contributed by atoms with E-state index in [1.807, 2.05) is 11.9 Å². The van der Waals surface area contributed by atoms with Gasteiger partial charge in [0.2, 0.25) is 0 Å². The first-order valence-electron chi connectivity index (χ1n) is 8.78. The molecule has 3 rings (SSSR count). The van der Waals surface area contributed by atoms with Crippen molar-refractivity contribution < 1.29 is 9.90 Å². The predicted octanol–water partition coefficient (Wildman–Crippen LogP) is 4.19. The Kier molecular flexibility index (Phi) is 5.05. The fourth-order valence-corrected chi connectivity index (χ4v) is 4.00. The molecule has 1 atom stereocenters. The lowest BCUT2D eigenvalue weighted by molar-refractivity contribution is -0.137. The van der Waals surface area contributed by atoms with E-state index in [0.29, 0.717) is 0 Å². The summed E-state index contributed by atoms with van der Waals surface area (Å²) in [5, 5.41) is 8.94. The van der Waals surface area contributed by atoms with E-state index < -0.39 is 5.97 Å². The molecule has 1 aliphatic carbocycles. The molecule has 0 saturated carbocycles. The molecule has 3 heteroatoms. The Hall–Kier alpha value is -2.39. The summed E-state index contributed by atoms with van der Waals surface area (Å²) in [6, 6.07) is 19.3. The van der Waals surface area contributed by atoms with Crippen molar-refractivity contribution in [3.63, 3.8) is 0 Å². The SMILES string of the molecule is CC1=CC(CCCN(C)CC(=O)O)(c2ccccc2)c2ccccc21. The third kappa shape index (κ3) is 3.52. The number of hydrogen-bond acceptors (Lipinski definition) is 2. The minimum absolute atomic E-state index is 0.0871. The van der Waals surface area contributed by atoms with Gasteiger partial charge in [-0.25, -0.2) is 0 Å². The van der Waals surface area contributed by atoms with Crippen molar-refractivity contribution in [2.24, 2.45) is 0 Å². The van der Waals surface area contributed by atoms with Crippen molar-refractivity contribution in [2.45, 2.75) is 25.2 Å². The molecule has 25 heavy (non-hydrogen) atoms. The fraction of sp³-hybridized carbons (Fsp3) is 0.318. The Labute approximate surface area is 149 Å². The van der Waals surface area contributed by atoms with Crippen molar-refractivity contribution >= 4 is 11.5 Å². The number of carboxylic acids is 1. The monoisotopic (exact) mass is 335 g/mol. The number of aliphatic carboxylic acids is 1. The molecule has 1 unspecified atom stereocenters. The number of carbonyl (C=O) groups is 1. The van der Waals surface area contributed by atoms with Crippen molar-refractivity contribution in [3.05, 3.63) is 77.4 Å². The molecule has 0 spiro atoms. The van der Waals surface area contributed by atoms with Crippen LogP contribution in [-0.2, 0) is 10.2 Å². The van der Waals surface area contributed by atoms with E-state index in [-0.39, 0.29) is 12.0 Å². The smallest absolute Gasteiger partial charge is 0.317 e. The Balaban J connectivity index is 1.90. The number of fused-ring (bicyclic) bond motifs is 1. The second-order valence-electron chi connectivity index (χ2n) is 6.95. The molecular formula is C22H25NO2. The zero-order valence-corrected chi connectivity index (χ0v) is 14.9. The summed E-state index contributed by atoms with van der Waals surface area (Å²) in [5.74, 6) is -0.776. The van der Waals surface area contributed by atoms with Gasteiger partial charge in [0.25, 0.3) is 0 Å². The number of nitrogens with zero attached hydrogens (tertiary/aromatic N) is 1. The van der Waals surface area contributed by atoms with Crippen LogP contribution in [0.4, 0.5) is 0 Å². The van der Waals surface area contributed by atoms with Gasteiger partial charge >= 0.3 is 5.97 Å². The zero-order chi connectivity index (χ0) is 17.9. The van der Waals surface area contributed by atoms with Crippen LogP contribution in [0.25, 0.3) is 5.57 Å². The van der Waals surface area contributed by atoms with E-state index in [0.717, 1.165) is 19.4 Å². The van der Waals surface area contributed by atoms with Gasteiger partial charge in [-0.1, -0.05) is 60.7 Å². The highest BCUT2D eigenvalue weighted by atomic mass is 16.4. The number of rotatable bonds is 7. The number of allylic oxidation sites excluding steroid dienone is 2. The zero-order valence-electron chi connectivity index (χ0n) is 14.9. The number of benzene rings is 2. The van der Waals surface area contributed by atoms with Gasteiger partial charge in [0, 0.05) is 5.41 Å². The van der Waals surface area contributed by atoms with Crippen LogP contribution in [0.2, 0.25) is 0 Å². The molecule has 0 heterocycles. The van der Waals surface area contributed by atoms with Gasteiger partial charge in [-0.2, -0.15) is 0 Å². The Bertz CT molecular complexity index is 782. The van der Waals surface area contributed by atoms with Gasteiger partial charge < -0.3 is 5.11 Å². The molecule has 0 amide bonds. The van der Waals surface area contributed by atoms with Gasteiger partial charge in [-0.05, 0) is 55.6 Å². The van der Waals surface area contributed by atoms with Gasteiger partial charge in [-0.15, -0.1) is 0 Å². The second kappa shape index (κ2) is 7.24. The maximum atomic E-state index is 10.9. The lowest BCUT2D eigenvalue weighted by atomic mass is 9.73. The molecular weight excluding hydrogens is 310 g/mol. The summed E-state index contributed by atoms with van der Waals surface area (Å²) in [6.07, 6.45) is 4.30. The highest BCUT2D eigenvalue weighted by Crippen LogP contribution is 2.47. The molecule has 1 aliphatic rings. The normalized spacial score (nSPS) is 18.9. The second-order valence-corrected chi connectivity index (χ2v) is 6.95. The Morgan fingerprint density at radius 3 is 2.48 bits per heavy atom. The molecule has 0 radical (unpaired) electrons. The van der Waals surface area contributed by atoms with E-state index in [2.05, 4.69) is 67.6 Å². The third-order valence-electron chi connectivity index (χ3n) is 5.10. The van der Waals surface area contributed by atoms with E-state index in [1.54, 1.807) is 0 Å². The summed E-state index contributed by atoms with van der Waals surface area (Å²) in [7, 11) is 1.87. The van der Waals surface area contributed by atoms with Crippen LogP contribution in [0.15, 0.2) is 60.7 Å². The van der Waals surface area contributed by atoms with Crippen LogP contribution in [0, 0.1) is 0 Å². The Morgan fingerprint density at radius 2 is 1.76 bits per heavy atom. The van der Waals surface area contributed by atoms with Crippen molar-refractivity contribution in [1.29, 1.82) is 0 Å². The molecule has 1 N–H and O–H groups in total. The molecule has 2 aromatic carbocycles. The lowest BCUT2D eigenvalue weighted by Gasteiger charge is -2.31. The van der Waals surface area contributed by atoms with Crippen LogP contribution < -0.4 is 0 Å². The summed E-state index contributed by atoms with van der Waals surface area (Å²) >= 11 is 0. The topological polar surface area (TPSA) is 40.5 Å². The van der Waals surface area contributed by atoms with E-state index in [4.69, 9.17) is 5.11 Å². The van der Waals surface area contributed by atoms with Crippen molar-refractivity contribution in [2.75, 3.05) is 20.1 Å². The summed E-state index contributed by atoms with van der Waals surface area (Å²) in [6.45, 7) is 3.04. The first-order chi connectivity index (χ1) is 12.0. The lowest BCUT2D eigenvalue weighted by Crippen LogP contribution is -2.29. The quantitative estimate of drug-likeness (QED) is 0.825. The summed E-state index contributed by atoms with van der Waals surface area (Å²) in [4.78, 5) is 12.7. The van der Waals surface area contributed by atoms with Crippen LogP contribution in [0.3, 0.4) is 0 Å². The van der Waals surface area contributed by atoms with Crippen LogP contribution in [0.5, 0.6) is 0 Å². The van der Waals surface area contributed by atoms with Crippen molar-refractivity contribution in [3.8, 4) is 0 Å². The van der Waals surface area contributed by atoms with Gasteiger partial charge in [0.15, 0.2) is 0 Å². The van der Waals surface area contributed by atoms with Crippen LogP contribution in [-0.4, -0.2) is 36.1 Å². The van der Waals surface area contributed by atoms with Crippen LogP contribution >= 0.6 is 0 Å². The highest BCUT2D eigenvalue weighted by molar-refractivity contribution is 5.77. The predicted molar refractivity (Wildman–Crippen MR) is 102 cm³/mol. The molecule has 0 bridgehead atoms. The van der Waals surface area contributed by atoms with Gasteiger partial charge in [-0.3, -0.25) is 9.69 Å². The maximum Gasteiger partial charge on any atom is 0.317 e. The Morgan fingerprint density at radius 1 is 1.08 bits per heavy atom. The highest BCUT2D eigenvalue weighted by Gasteiger charge is 2.37. The van der Waals surface area contributed by atoms with Gasteiger partial charge in [0.05, 0.1) is 6.54 Å². The van der Waals surface area contributed by atoms with Crippen LogP contribution in [0.1, 0.15) is 36.5 Å². The molecule has 0 aliphatic heterocycles. The number of likely N-dealkylation sites (N-methyl/N-ethyl adjacent to an activating group) is 1. The standard InChI is InChI=1S/C22H25NO2/c1-17-15-22(18-9-4-3-5-10-18,20-12-7-6-11-19(17)20)13-8-14-23(2)16-21(24)25/h3-7,9-12,15H,8,13-14,16H2,1-2H3,(H,24,25). The summed E-state index contributed by atoms with van der Waals surface area (Å²) in [5.41, 5.74) is 5.19. The third-order valence-corrected chi connectivity index (χ3v) is 5.10. The summed E-state index contributed by atoms with van der Waals surface area (Å²) < 4.78 is 0. The molecule has 0 fully saturated rings. The molecule has 2 aromatic rings. The molecule has 130 valence electrons. The van der Waals surface area contributed by atoms with E-state index in [1.165, 1.54) is 22.3 Å². The largest absolute Gasteiger partial charge is 0.480 e. The van der Waals surface area contributed by atoms with E-state index >= 15 is 0 Å². The van der Waals surface area contributed by atoms with Crippen molar-refractivity contribution in [1.82, 2.24) is 4.90 Å². The molecule has 3 nitrogen and oxygen atoms in total. The number of carboxylic acid groups (broad SMARTS) is 1. The van der Waals surface area contributed by atoms with Gasteiger partial charge in [0.1, 0.15) is 0 Å². The number of hydrogen-bond donors (Lipinski definition) is 1. The minimum Gasteiger partial charge on any atom is -0.480 e. The molecule has 0 saturated heterocycles. The average molecular weight is 335 g/mol. The molecule has 0 aromatic heterocycles.